The highest BCUT2D eigenvalue weighted by molar-refractivity contribution is 5.25. The Balaban J connectivity index is 2.07. The molecule has 1 aromatic rings. The lowest BCUT2D eigenvalue weighted by Crippen LogP contribution is -2.27. The van der Waals surface area contributed by atoms with Crippen LogP contribution in [0.2, 0.25) is 0 Å². The molecule has 0 radical (unpaired) electrons. The first-order chi connectivity index (χ1) is 8.61. The van der Waals surface area contributed by atoms with Crippen LogP contribution in [0.25, 0.3) is 0 Å². The van der Waals surface area contributed by atoms with Crippen LogP contribution in [0.1, 0.15) is 37.8 Å². The number of unbranched alkanes of at least 4 members (excludes halogenated alkanes) is 1. The zero-order chi connectivity index (χ0) is 13.4. The van der Waals surface area contributed by atoms with Gasteiger partial charge in [-0.25, -0.2) is 0 Å². The van der Waals surface area contributed by atoms with E-state index in [0.29, 0.717) is 6.04 Å². The Kier molecular flexibility index (Phi) is 6.99. The summed E-state index contributed by atoms with van der Waals surface area (Å²) in [5.41, 5.74) is 2.79. The molecule has 0 aromatic heterocycles. The van der Waals surface area contributed by atoms with Crippen LogP contribution in [0, 0.1) is 6.92 Å². The molecule has 2 heteroatoms. The van der Waals surface area contributed by atoms with Crippen LogP contribution in [0.4, 0.5) is 0 Å². The molecule has 0 atom stereocenters. The van der Waals surface area contributed by atoms with Gasteiger partial charge < -0.3 is 10.2 Å². The summed E-state index contributed by atoms with van der Waals surface area (Å²) < 4.78 is 0. The summed E-state index contributed by atoms with van der Waals surface area (Å²) in [5, 5.41) is 3.53. The lowest BCUT2D eigenvalue weighted by Gasteiger charge is -2.20. The second-order valence-electron chi connectivity index (χ2n) is 5.38. The topological polar surface area (TPSA) is 15.3 Å². The van der Waals surface area contributed by atoms with E-state index in [1.54, 1.807) is 0 Å². The maximum atomic E-state index is 3.53. The Morgan fingerprint density at radius 2 is 1.89 bits per heavy atom. The van der Waals surface area contributed by atoms with E-state index in [4.69, 9.17) is 0 Å². The molecule has 0 saturated heterocycles. The quantitative estimate of drug-likeness (QED) is 0.711. The first-order valence-corrected chi connectivity index (χ1v) is 7.06. The summed E-state index contributed by atoms with van der Waals surface area (Å²) in [7, 11) is 2.20. The minimum absolute atomic E-state index is 0.657. The van der Waals surface area contributed by atoms with Gasteiger partial charge in [0.05, 0.1) is 0 Å². The van der Waals surface area contributed by atoms with Gasteiger partial charge in [-0.1, -0.05) is 24.3 Å². The first kappa shape index (κ1) is 15.2. The molecule has 18 heavy (non-hydrogen) atoms. The average Bonchev–Trinajstić information content (AvgIpc) is 2.35. The summed E-state index contributed by atoms with van der Waals surface area (Å²) in [5.74, 6) is 0. The molecule has 0 amide bonds. The molecule has 0 aliphatic rings. The van der Waals surface area contributed by atoms with Gasteiger partial charge >= 0.3 is 0 Å². The fourth-order valence-corrected chi connectivity index (χ4v) is 1.90. The Labute approximate surface area is 112 Å². The van der Waals surface area contributed by atoms with Gasteiger partial charge in [0.1, 0.15) is 0 Å². The van der Waals surface area contributed by atoms with E-state index in [0.717, 1.165) is 13.1 Å². The lowest BCUT2D eigenvalue weighted by atomic mass is 10.1. The first-order valence-electron chi connectivity index (χ1n) is 7.06. The molecule has 0 unspecified atom stereocenters. The fraction of sp³-hybridized carbons (Fsp3) is 0.625. The molecule has 0 fully saturated rings. The minimum Gasteiger partial charge on any atom is -0.313 e. The normalized spacial score (nSPS) is 11.4. The molecule has 0 saturated carbocycles. The maximum Gasteiger partial charge on any atom is 0.0208 e. The van der Waals surface area contributed by atoms with E-state index in [9.17, 15) is 0 Å². The van der Waals surface area contributed by atoms with Gasteiger partial charge in [-0.15, -0.1) is 0 Å². The summed E-state index contributed by atoms with van der Waals surface area (Å²) in [4.78, 5) is 2.40. The predicted octanol–water partition coefficient (Wildman–Crippen LogP) is 3.21. The van der Waals surface area contributed by atoms with E-state index in [1.165, 1.54) is 30.5 Å². The molecule has 0 heterocycles. The molecule has 1 rings (SSSR count). The number of rotatable bonds is 8. The largest absolute Gasteiger partial charge is 0.313 e. The number of hydrogen-bond acceptors (Lipinski definition) is 2. The third kappa shape index (κ3) is 5.65. The molecular weight excluding hydrogens is 220 g/mol. The zero-order valence-electron chi connectivity index (χ0n) is 12.4. The average molecular weight is 248 g/mol. The molecule has 2 nitrogen and oxygen atoms in total. The molecule has 0 bridgehead atoms. The second kappa shape index (κ2) is 8.28. The van der Waals surface area contributed by atoms with Crippen molar-refractivity contribution in [2.45, 2.75) is 46.2 Å². The van der Waals surface area contributed by atoms with Gasteiger partial charge in [0.15, 0.2) is 0 Å². The molecule has 0 aliphatic carbocycles. The Morgan fingerprint density at radius 1 is 1.17 bits per heavy atom. The van der Waals surface area contributed by atoms with Crippen LogP contribution in [0.15, 0.2) is 24.3 Å². The van der Waals surface area contributed by atoms with Crippen molar-refractivity contribution < 1.29 is 0 Å². The number of nitrogens with one attached hydrogen (secondary N) is 1. The number of aryl methyl sites for hydroxylation is 1. The van der Waals surface area contributed by atoms with Gasteiger partial charge in [0, 0.05) is 12.6 Å². The van der Waals surface area contributed by atoms with Crippen LogP contribution >= 0.6 is 0 Å². The second-order valence-corrected chi connectivity index (χ2v) is 5.38. The van der Waals surface area contributed by atoms with Crippen LogP contribution in [0.5, 0.6) is 0 Å². The highest BCUT2D eigenvalue weighted by Crippen LogP contribution is 2.06. The van der Waals surface area contributed by atoms with E-state index in [1.807, 2.05) is 0 Å². The lowest BCUT2D eigenvalue weighted by molar-refractivity contribution is 0.268. The molecule has 1 N–H and O–H groups in total. The molecular formula is C16H28N2. The van der Waals surface area contributed by atoms with Gasteiger partial charge in [0.2, 0.25) is 0 Å². The van der Waals surface area contributed by atoms with Gasteiger partial charge in [-0.05, 0) is 64.9 Å². The van der Waals surface area contributed by atoms with Crippen molar-refractivity contribution in [1.29, 1.82) is 0 Å². The summed E-state index contributed by atoms with van der Waals surface area (Å²) in [6.45, 7) is 9.97. The van der Waals surface area contributed by atoms with Crippen molar-refractivity contribution in [2.75, 3.05) is 20.1 Å². The van der Waals surface area contributed by atoms with Gasteiger partial charge in [0.25, 0.3) is 0 Å². The number of benzene rings is 1. The Bertz CT molecular complexity index is 334. The summed E-state index contributed by atoms with van der Waals surface area (Å²) in [6, 6.07) is 9.25. The third-order valence-corrected chi connectivity index (χ3v) is 3.57. The van der Waals surface area contributed by atoms with Crippen molar-refractivity contribution in [3.63, 3.8) is 0 Å². The monoisotopic (exact) mass is 248 g/mol. The smallest absolute Gasteiger partial charge is 0.0208 e. The van der Waals surface area contributed by atoms with Gasteiger partial charge in [-0.3, -0.25) is 0 Å². The number of hydrogen-bond donors (Lipinski definition) is 1. The van der Waals surface area contributed by atoms with Crippen LogP contribution in [-0.2, 0) is 6.54 Å². The highest BCUT2D eigenvalue weighted by Gasteiger charge is 2.01. The molecule has 0 aliphatic heterocycles. The van der Waals surface area contributed by atoms with Crippen molar-refractivity contribution in [3.8, 4) is 0 Å². The van der Waals surface area contributed by atoms with Crippen LogP contribution in [-0.4, -0.2) is 31.1 Å². The van der Waals surface area contributed by atoms with E-state index in [2.05, 4.69) is 62.3 Å². The molecule has 0 spiro atoms. The van der Waals surface area contributed by atoms with Crippen molar-refractivity contribution in [2.24, 2.45) is 0 Å². The van der Waals surface area contributed by atoms with Crippen molar-refractivity contribution in [3.05, 3.63) is 35.4 Å². The standard InChI is InChI=1S/C16H28N2/c1-14(2)18(4)12-8-7-11-17-13-16-10-6-5-9-15(16)3/h5-6,9-10,14,17H,7-8,11-13H2,1-4H3. The minimum atomic E-state index is 0.657. The Morgan fingerprint density at radius 3 is 2.56 bits per heavy atom. The van der Waals surface area contributed by atoms with E-state index in [-0.39, 0.29) is 0 Å². The summed E-state index contributed by atoms with van der Waals surface area (Å²) >= 11 is 0. The molecule has 1 aromatic carbocycles. The highest BCUT2D eigenvalue weighted by atomic mass is 15.1. The maximum absolute atomic E-state index is 3.53. The predicted molar refractivity (Wildman–Crippen MR) is 79.9 cm³/mol. The zero-order valence-corrected chi connectivity index (χ0v) is 12.4. The van der Waals surface area contributed by atoms with E-state index >= 15 is 0 Å². The number of nitrogens with zero attached hydrogens (tertiary/aromatic N) is 1. The SMILES string of the molecule is Cc1ccccc1CNCCCCN(C)C(C)C. The van der Waals surface area contributed by atoms with E-state index < -0.39 is 0 Å². The Hall–Kier alpha value is -0.860. The van der Waals surface area contributed by atoms with Crippen molar-refractivity contribution >= 4 is 0 Å². The van der Waals surface area contributed by atoms with Crippen LogP contribution in [0.3, 0.4) is 0 Å². The van der Waals surface area contributed by atoms with Crippen LogP contribution < -0.4 is 5.32 Å². The van der Waals surface area contributed by atoms with Crippen molar-refractivity contribution in [1.82, 2.24) is 10.2 Å². The molecule has 102 valence electrons. The van der Waals surface area contributed by atoms with Gasteiger partial charge in [-0.2, -0.15) is 0 Å². The fourth-order valence-electron chi connectivity index (χ4n) is 1.90. The summed E-state index contributed by atoms with van der Waals surface area (Å²) in [6.07, 6.45) is 2.53. The third-order valence-electron chi connectivity index (χ3n) is 3.57.